The van der Waals surface area contributed by atoms with Gasteiger partial charge >= 0.3 is 6.18 Å². The highest BCUT2D eigenvalue weighted by atomic mass is 79.9. The number of alkyl halides is 5. The molecule has 0 atom stereocenters. The lowest BCUT2D eigenvalue weighted by molar-refractivity contribution is -0.140. The molecule has 16 heavy (non-hydrogen) atoms. The maximum Gasteiger partial charge on any atom is 0.419 e. The average Bonchev–Trinajstić information content (AvgIpc) is 2.14. The minimum Gasteiger partial charge on any atom is -0.296 e. The average molecular weight is 304 g/mol. The number of aldehydes is 1. The monoisotopic (exact) mass is 303 g/mol. The van der Waals surface area contributed by atoms with Gasteiger partial charge in [0.15, 0.2) is 6.29 Å². The molecule has 0 aliphatic rings. The van der Waals surface area contributed by atoms with Crippen molar-refractivity contribution in [2.45, 2.75) is 12.6 Å². The maximum absolute atomic E-state index is 12.4. The van der Waals surface area contributed by atoms with E-state index in [0.717, 1.165) is 0 Å². The minimum atomic E-state index is -5.05. The summed E-state index contributed by atoms with van der Waals surface area (Å²) < 4.78 is 61.8. The summed E-state index contributed by atoms with van der Waals surface area (Å²) in [6.07, 6.45) is -8.59. The van der Waals surface area contributed by atoms with E-state index in [0.29, 0.717) is 6.07 Å². The predicted octanol–water partition coefficient (Wildman–Crippen LogP) is 3.61. The second-order valence-corrected chi connectivity index (χ2v) is 3.52. The van der Waals surface area contributed by atoms with Gasteiger partial charge in [-0.25, -0.2) is 13.8 Å². The Balaban J connectivity index is 3.58. The largest absolute Gasteiger partial charge is 0.419 e. The Kier molecular flexibility index (Phi) is 3.61. The van der Waals surface area contributed by atoms with Crippen molar-refractivity contribution < 1.29 is 26.7 Å². The highest BCUT2D eigenvalue weighted by Gasteiger charge is 2.39. The molecule has 0 spiro atoms. The van der Waals surface area contributed by atoms with Crippen molar-refractivity contribution in [2.24, 2.45) is 0 Å². The molecule has 0 aliphatic carbocycles. The molecule has 0 N–H and O–H groups in total. The van der Waals surface area contributed by atoms with Gasteiger partial charge in [-0.2, -0.15) is 13.2 Å². The normalized spacial score (nSPS) is 11.9. The van der Waals surface area contributed by atoms with E-state index in [2.05, 4.69) is 20.9 Å². The van der Waals surface area contributed by atoms with Gasteiger partial charge in [0, 0.05) is 5.56 Å². The number of rotatable bonds is 2. The highest BCUT2D eigenvalue weighted by Crippen LogP contribution is 2.38. The summed E-state index contributed by atoms with van der Waals surface area (Å²) in [7, 11) is 0. The minimum absolute atomic E-state index is 0.209. The van der Waals surface area contributed by atoms with Crippen LogP contribution in [0.1, 0.15) is 28.0 Å². The molecular formula is C8H3BrF5NO. The number of carbonyl (C=O) groups excluding carboxylic acids is 1. The molecule has 2 nitrogen and oxygen atoms in total. The third-order valence-corrected chi connectivity index (χ3v) is 2.08. The zero-order valence-corrected chi connectivity index (χ0v) is 8.94. The predicted molar refractivity (Wildman–Crippen MR) is 47.3 cm³/mol. The van der Waals surface area contributed by atoms with Crippen LogP contribution in [0.2, 0.25) is 0 Å². The van der Waals surface area contributed by atoms with Gasteiger partial charge in [-0.3, -0.25) is 4.79 Å². The molecule has 1 aromatic heterocycles. The number of pyridine rings is 1. The van der Waals surface area contributed by atoms with Crippen LogP contribution in [0.4, 0.5) is 22.0 Å². The molecular weight excluding hydrogens is 301 g/mol. The molecule has 0 bridgehead atoms. The Hall–Kier alpha value is -1.05. The van der Waals surface area contributed by atoms with Crippen LogP contribution in [0, 0.1) is 0 Å². The number of carbonyl (C=O) groups is 1. The molecule has 0 saturated heterocycles. The van der Waals surface area contributed by atoms with Crippen molar-refractivity contribution >= 4 is 22.2 Å². The van der Waals surface area contributed by atoms with Gasteiger partial charge in [0.1, 0.15) is 10.3 Å². The third-order valence-electron chi connectivity index (χ3n) is 1.68. The van der Waals surface area contributed by atoms with Crippen LogP contribution in [-0.4, -0.2) is 11.3 Å². The fraction of sp³-hybridized carbons (Fsp3) is 0.250. The van der Waals surface area contributed by atoms with E-state index >= 15 is 0 Å². The number of hydrogen-bond acceptors (Lipinski definition) is 2. The van der Waals surface area contributed by atoms with Crippen LogP contribution in [0.5, 0.6) is 0 Å². The van der Waals surface area contributed by atoms with Crippen LogP contribution >= 0.6 is 15.9 Å². The Morgan fingerprint density at radius 2 is 1.94 bits per heavy atom. The lowest BCUT2D eigenvalue weighted by Gasteiger charge is -2.14. The molecule has 0 aromatic carbocycles. The first-order chi connectivity index (χ1) is 7.27. The summed E-state index contributed by atoms with van der Waals surface area (Å²) in [6, 6.07) is 0.542. The van der Waals surface area contributed by atoms with E-state index < -0.39 is 29.4 Å². The molecule has 8 heteroatoms. The molecule has 0 radical (unpaired) electrons. The van der Waals surface area contributed by atoms with E-state index in [9.17, 15) is 26.7 Å². The van der Waals surface area contributed by atoms with Crippen molar-refractivity contribution in [3.05, 3.63) is 27.5 Å². The van der Waals surface area contributed by atoms with Gasteiger partial charge in [0.05, 0.1) is 5.56 Å². The third kappa shape index (κ3) is 2.55. The number of halogens is 6. The van der Waals surface area contributed by atoms with Gasteiger partial charge in [-0.1, -0.05) is 0 Å². The van der Waals surface area contributed by atoms with Crippen LogP contribution < -0.4 is 0 Å². The highest BCUT2D eigenvalue weighted by molar-refractivity contribution is 9.10. The van der Waals surface area contributed by atoms with Gasteiger partial charge in [0.2, 0.25) is 0 Å². The fourth-order valence-electron chi connectivity index (χ4n) is 1.12. The number of aromatic nitrogens is 1. The zero-order valence-electron chi connectivity index (χ0n) is 7.36. The molecule has 0 unspecified atom stereocenters. The molecule has 1 aromatic rings. The summed E-state index contributed by atoms with van der Waals surface area (Å²) in [4.78, 5) is 13.6. The second-order valence-electron chi connectivity index (χ2n) is 2.71. The molecule has 0 aliphatic heterocycles. The first-order valence-corrected chi connectivity index (χ1v) is 4.57. The van der Waals surface area contributed by atoms with E-state index in [1.54, 1.807) is 0 Å². The summed E-state index contributed by atoms with van der Waals surface area (Å²) in [5.74, 6) is 0. The quantitative estimate of drug-likeness (QED) is 0.474. The van der Waals surface area contributed by atoms with E-state index in [4.69, 9.17) is 0 Å². The first kappa shape index (κ1) is 13.0. The Bertz CT molecular complexity index is 418. The summed E-state index contributed by atoms with van der Waals surface area (Å²) >= 11 is 2.65. The zero-order chi connectivity index (χ0) is 12.5. The standard InChI is InChI=1S/C8H3BrF5NO/c9-5-1-3(7(10)11)6(8(12,13)14)4(2-16)15-5/h1-2,7H. The Morgan fingerprint density at radius 3 is 2.31 bits per heavy atom. The van der Waals surface area contributed by atoms with Crippen LogP contribution in [0.3, 0.4) is 0 Å². The van der Waals surface area contributed by atoms with Gasteiger partial charge in [0.25, 0.3) is 6.43 Å². The van der Waals surface area contributed by atoms with Gasteiger partial charge < -0.3 is 0 Å². The van der Waals surface area contributed by atoms with Crippen LogP contribution in [0.25, 0.3) is 0 Å². The van der Waals surface area contributed by atoms with Crippen molar-refractivity contribution in [1.82, 2.24) is 4.98 Å². The lowest BCUT2D eigenvalue weighted by Crippen LogP contribution is -2.15. The molecule has 0 saturated carbocycles. The fourth-order valence-corrected chi connectivity index (χ4v) is 1.56. The topological polar surface area (TPSA) is 30.0 Å². The second kappa shape index (κ2) is 4.44. The summed E-state index contributed by atoms with van der Waals surface area (Å²) in [5.41, 5.74) is -4.02. The summed E-state index contributed by atoms with van der Waals surface area (Å²) in [6.45, 7) is 0. The van der Waals surface area contributed by atoms with E-state index in [1.165, 1.54) is 0 Å². The SMILES string of the molecule is O=Cc1nc(Br)cc(C(F)F)c1C(F)(F)F. The smallest absolute Gasteiger partial charge is 0.296 e. The van der Waals surface area contributed by atoms with Gasteiger partial charge in [-0.05, 0) is 22.0 Å². The van der Waals surface area contributed by atoms with Crippen molar-refractivity contribution in [1.29, 1.82) is 0 Å². The molecule has 88 valence electrons. The van der Waals surface area contributed by atoms with Gasteiger partial charge in [-0.15, -0.1) is 0 Å². The molecule has 1 rings (SSSR count). The van der Waals surface area contributed by atoms with Crippen molar-refractivity contribution in [3.63, 3.8) is 0 Å². The first-order valence-electron chi connectivity index (χ1n) is 3.78. The number of nitrogens with zero attached hydrogens (tertiary/aromatic N) is 1. The Labute approximate surface area is 94.6 Å². The van der Waals surface area contributed by atoms with Crippen molar-refractivity contribution in [3.8, 4) is 0 Å². The van der Waals surface area contributed by atoms with Crippen LogP contribution in [-0.2, 0) is 6.18 Å². The Morgan fingerprint density at radius 1 is 1.38 bits per heavy atom. The molecule has 1 heterocycles. The van der Waals surface area contributed by atoms with E-state index in [1.807, 2.05) is 0 Å². The lowest BCUT2D eigenvalue weighted by atomic mass is 10.1. The molecule has 0 fully saturated rings. The maximum atomic E-state index is 12.4. The molecule has 0 amide bonds. The van der Waals surface area contributed by atoms with E-state index in [-0.39, 0.29) is 10.9 Å². The van der Waals surface area contributed by atoms with Crippen molar-refractivity contribution in [2.75, 3.05) is 0 Å². The van der Waals surface area contributed by atoms with Crippen LogP contribution in [0.15, 0.2) is 10.7 Å². The summed E-state index contributed by atoms with van der Waals surface area (Å²) in [5, 5.41) is 0. The number of hydrogen-bond donors (Lipinski definition) is 0.